The minimum atomic E-state index is -1.24. The predicted octanol–water partition coefficient (Wildman–Crippen LogP) is 3.02. The van der Waals surface area contributed by atoms with E-state index in [2.05, 4.69) is 0 Å². The van der Waals surface area contributed by atoms with Crippen LogP contribution in [0.25, 0.3) is 0 Å². The van der Waals surface area contributed by atoms with Crippen molar-refractivity contribution in [2.45, 2.75) is 38.1 Å². The fourth-order valence-electron chi connectivity index (χ4n) is 4.91. The molecule has 8 nitrogen and oxygen atoms in total. The van der Waals surface area contributed by atoms with Crippen molar-refractivity contribution in [1.29, 1.82) is 0 Å². The molecule has 4 rings (SSSR count). The van der Waals surface area contributed by atoms with Crippen molar-refractivity contribution in [1.82, 2.24) is 9.80 Å². The molecule has 2 aliphatic heterocycles. The lowest BCUT2D eigenvalue weighted by atomic mass is 9.74. The predicted molar refractivity (Wildman–Crippen MR) is 129 cm³/mol. The van der Waals surface area contributed by atoms with Crippen LogP contribution in [0.3, 0.4) is 0 Å². The Balaban J connectivity index is 1.62. The van der Waals surface area contributed by atoms with E-state index >= 15 is 0 Å². The zero-order chi connectivity index (χ0) is 25.2. The number of imide groups is 1. The summed E-state index contributed by atoms with van der Waals surface area (Å²) >= 11 is 0. The van der Waals surface area contributed by atoms with Crippen molar-refractivity contribution in [3.8, 4) is 11.5 Å². The molecular formula is C27H32N2O6. The van der Waals surface area contributed by atoms with Gasteiger partial charge in [0, 0.05) is 27.0 Å². The molecule has 0 aromatic heterocycles. The average Bonchev–Trinajstić information content (AvgIpc) is 3.10. The van der Waals surface area contributed by atoms with Crippen LogP contribution in [0.4, 0.5) is 0 Å². The standard InChI is InChI=1S/C27H32N2O6/c1-18-7-5-6-8-21(18)27(17-25(31)29(26(27)32)11-12-33-4)16-24(30)28(3)19(2)20-9-10-22-23(15-20)35-14-13-34-22/h5-10,15,19H,11-14,16-17H2,1-4H3/t19-,27-/m0/s1. The number of hydrogen-bond donors (Lipinski definition) is 0. The third-order valence-electron chi connectivity index (χ3n) is 7.06. The molecule has 3 amide bonds. The highest BCUT2D eigenvalue weighted by molar-refractivity contribution is 6.11. The van der Waals surface area contributed by atoms with Crippen LogP contribution < -0.4 is 9.47 Å². The Kier molecular flexibility index (Phi) is 7.12. The van der Waals surface area contributed by atoms with E-state index in [9.17, 15) is 14.4 Å². The van der Waals surface area contributed by atoms with E-state index in [0.29, 0.717) is 30.3 Å². The SMILES string of the molecule is COCCN1C(=O)C[C@@](CC(=O)N(C)[C@@H](C)c2ccc3c(c2)OCCO3)(c2ccccc2C)C1=O. The van der Waals surface area contributed by atoms with Gasteiger partial charge in [-0.25, -0.2) is 0 Å². The summed E-state index contributed by atoms with van der Waals surface area (Å²) in [5.74, 6) is 0.493. The molecule has 0 bridgehead atoms. The summed E-state index contributed by atoms with van der Waals surface area (Å²) in [6, 6.07) is 12.8. The number of amides is 3. The van der Waals surface area contributed by atoms with Crippen LogP contribution >= 0.6 is 0 Å². The Morgan fingerprint density at radius 3 is 2.57 bits per heavy atom. The van der Waals surface area contributed by atoms with E-state index in [0.717, 1.165) is 11.1 Å². The first-order chi connectivity index (χ1) is 16.8. The highest BCUT2D eigenvalue weighted by Crippen LogP contribution is 2.42. The highest BCUT2D eigenvalue weighted by atomic mass is 16.6. The number of fused-ring (bicyclic) bond motifs is 1. The molecule has 2 aromatic rings. The molecule has 2 aliphatic rings. The van der Waals surface area contributed by atoms with E-state index < -0.39 is 5.41 Å². The summed E-state index contributed by atoms with van der Waals surface area (Å²) in [5, 5.41) is 0. The first-order valence-corrected chi connectivity index (χ1v) is 11.8. The fourth-order valence-corrected chi connectivity index (χ4v) is 4.91. The summed E-state index contributed by atoms with van der Waals surface area (Å²) in [5.41, 5.74) is 1.24. The van der Waals surface area contributed by atoms with Crippen LogP contribution in [0.2, 0.25) is 0 Å². The number of likely N-dealkylation sites (tertiary alicyclic amines) is 1. The highest BCUT2D eigenvalue weighted by Gasteiger charge is 2.54. The number of rotatable bonds is 8. The maximum Gasteiger partial charge on any atom is 0.240 e. The Hall–Kier alpha value is -3.39. The summed E-state index contributed by atoms with van der Waals surface area (Å²) < 4.78 is 16.4. The second-order valence-corrected chi connectivity index (χ2v) is 9.18. The molecule has 8 heteroatoms. The fraction of sp³-hybridized carbons (Fsp3) is 0.444. The molecule has 186 valence electrons. The summed E-state index contributed by atoms with van der Waals surface area (Å²) in [6.45, 7) is 5.23. The summed E-state index contributed by atoms with van der Waals surface area (Å²) in [6.07, 6.45) is -0.143. The quantitative estimate of drug-likeness (QED) is 0.540. The number of carbonyl (C=O) groups is 3. The molecule has 1 fully saturated rings. The van der Waals surface area contributed by atoms with Gasteiger partial charge in [-0.3, -0.25) is 19.3 Å². The van der Waals surface area contributed by atoms with Crippen molar-refractivity contribution in [3.63, 3.8) is 0 Å². The minimum absolute atomic E-state index is 0.0433. The maximum absolute atomic E-state index is 13.7. The van der Waals surface area contributed by atoms with Crippen molar-refractivity contribution >= 4 is 17.7 Å². The first-order valence-electron chi connectivity index (χ1n) is 11.8. The topological polar surface area (TPSA) is 85.4 Å². The lowest BCUT2D eigenvalue weighted by molar-refractivity contribution is -0.143. The molecule has 0 aliphatic carbocycles. The van der Waals surface area contributed by atoms with Crippen LogP contribution in [0.5, 0.6) is 11.5 Å². The average molecular weight is 481 g/mol. The van der Waals surface area contributed by atoms with Crippen molar-refractivity contribution in [2.24, 2.45) is 0 Å². The lowest BCUT2D eigenvalue weighted by Crippen LogP contribution is -2.44. The molecule has 0 N–H and O–H groups in total. The van der Waals surface area contributed by atoms with E-state index in [1.807, 2.05) is 56.3 Å². The molecule has 0 saturated carbocycles. The van der Waals surface area contributed by atoms with Gasteiger partial charge in [-0.05, 0) is 42.7 Å². The number of ether oxygens (including phenoxy) is 3. The summed E-state index contributed by atoms with van der Waals surface area (Å²) in [7, 11) is 3.25. The Morgan fingerprint density at radius 2 is 1.86 bits per heavy atom. The Morgan fingerprint density at radius 1 is 1.14 bits per heavy atom. The minimum Gasteiger partial charge on any atom is -0.486 e. The van der Waals surface area contributed by atoms with Crippen molar-refractivity contribution in [2.75, 3.05) is 40.5 Å². The molecule has 35 heavy (non-hydrogen) atoms. The van der Waals surface area contributed by atoms with Crippen LogP contribution in [0.1, 0.15) is 42.5 Å². The molecule has 0 unspecified atom stereocenters. The van der Waals surface area contributed by atoms with Crippen LogP contribution in [-0.2, 0) is 24.5 Å². The molecule has 2 atom stereocenters. The zero-order valence-electron chi connectivity index (χ0n) is 20.7. The maximum atomic E-state index is 13.7. The number of hydrogen-bond acceptors (Lipinski definition) is 6. The van der Waals surface area contributed by atoms with Crippen molar-refractivity contribution < 1.29 is 28.6 Å². The normalized spacial score (nSPS) is 20.2. The van der Waals surface area contributed by atoms with E-state index in [1.165, 1.54) is 12.0 Å². The van der Waals surface area contributed by atoms with E-state index in [1.54, 1.807) is 11.9 Å². The molecular weight excluding hydrogens is 448 g/mol. The smallest absolute Gasteiger partial charge is 0.240 e. The second-order valence-electron chi connectivity index (χ2n) is 9.18. The van der Waals surface area contributed by atoms with Gasteiger partial charge in [0.2, 0.25) is 17.7 Å². The molecule has 2 aromatic carbocycles. The summed E-state index contributed by atoms with van der Waals surface area (Å²) in [4.78, 5) is 43.1. The zero-order valence-corrected chi connectivity index (χ0v) is 20.7. The first kappa shape index (κ1) is 24.7. The van der Waals surface area contributed by atoms with Gasteiger partial charge in [0.25, 0.3) is 0 Å². The number of nitrogens with zero attached hydrogens (tertiary/aromatic N) is 2. The van der Waals surface area contributed by atoms with Crippen LogP contribution in [0.15, 0.2) is 42.5 Å². The molecule has 2 heterocycles. The van der Waals surface area contributed by atoms with Gasteiger partial charge in [0.1, 0.15) is 13.2 Å². The Labute approximate surface area is 205 Å². The third-order valence-corrected chi connectivity index (χ3v) is 7.06. The number of benzene rings is 2. The van der Waals surface area contributed by atoms with Crippen LogP contribution in [0, 0.1) is 6.92 Å². The van der Waals surface area contributed by atoms with Gasteiger partial charge in [0.05, 0.1) is 24.6 Å². The number of aryl methyl sites for hydroxylation is 1. The second kappa shape index (κ2) is 10.1. The Bertz CT molecular complexity index is 1130. The lowest BCUT2D eigenvalue weighted by Gasteiger charge is -2.33. The van der Waals surface area contributed by atoms with Crippen molar-refractivity contribution in [3.05, 3.63) is 59.2 Å². The third kappa shape index (κ3) is 4.62. The molecule has 1 saturated heterocycles. The van der Waals surface area contributed by atoms with Gasteiger partial charge in [-0.15, -0.1) is 0 Å². The van der Waals surface area contributed by atoms with E-state index in [4.69, 9.17) is 14.2 Å². The van der Waals surface area contributed by atoms with Gasteiger partial charge in [-0.2, -0.15) is 0 Å². The molecule has 0 radical (unpaired) electrons. The largest absolute Gasteiger partial charge is 0.486 e. The van der Waals surface area contributed by atoms with Gasteiger partial charge in [-0.1, -0.05) is 30.3 Å². The number of carbonyl (C=O) groups excluding carboxylic acids is 3. The van der Waals surface area contributed by atoms with Gasteiger partial charge in [0.15, 0.2) is 11.5 Å². The number of methoxy groups -OCH3 is 1. The van der Waals surface area contributed by atoms with Gasteiger partial charge < -0.3 is 19.1 Å². The molecule has 0 spiro atoms. The van der Waals surface area contributed by atoms with E-state index in [-0.39, 0.29) is 49.8 Å². The monoisotopic (exact) mass is 480 g/mol. The van der Waals surface area contributed by atoms with Crippen LogP contribution in [-0.4, -0.2) is 68.0 Å². The van der Waals surface area contributed by atoms with Gasteiger partial charge >= 0.3 is 0 Å².